The molecule has 10 heteroatoms. The number of piperazine rings is 1. The first-order valence-corrected chi connectivity index (χ1v) is 11.2. The van der Waals surface area contributed by atoms with Crippen LogP contribution in [0.15, 0.2) is 36.4 Å². The number of hydrogen-bond acceptors (Lipinski definition) is 5. The Kier molecular flexibility index (Phi) is 6.40. The van der Waals surface area contributed by atoms with E-state index in [-0.39, 0.29) is 28.8 Å². The maximum absolute atomic E-state index is 15.0. The normalized spacial score (nSPS) is 17.9. The molecule has 0 N–H and O–H groups in total. The van der Waals surface area contributed by atoms with E-state index in [1.807, 2.05) is 0 Å². The highest BCUT2D eigenvalue weighted by molar-refractivity contribution is 5.95. The van der Waals surface area contributed by atoms with Gasteiger partial charge in [-0.25, -0.2) is 23.2 Å². The van der Waals surface area contributed by atoms with Crippen LogP contribution >= 0.6 is 0 Å². The van der Waals surface area contributed by atoms with Crippen molar-refractivity contribution in [3.05, 3.63) is 53.6 Å². The minimum atomic E-state index is -0.820. The third-order valence-corrected chi connectivity index (χ3v) is 5.95. The number of esters is 1. The standard InChI is InChI=1S/C25H27F2N3O5/c1-25(2,3)35-24(33)28-9-10-29-17(13-28)14-30(23(29)32)16-6-8-18(21(27)12-16)15-5-7-19(20(26)11-15)22(31)34-4/h5-8,11-12,17H,9-10,13-14H2,1-4H3/t17-/m0/s1. The van der Waals surface area contributed by atoms with Crippen LogP contribution in [0.3, 0.4) is 0 Å². The minimum Gasteiger partial charge on any atom is -0.465 e. The van der Waals surface area contributed by atoms with Gasteiger partial charge in [0, 0.05) is 37.4 Å². The summed E-state index contributed by atoms with van der Waals surface area (Å²) in [6.45, 7) is 6.70. The molecule has 35 heavy (non-hydrogen) atoms. The average molecular weight is 488 g/mol. The fourth-order valence-electron chi connectivity index (χ4n) is 4.28. The smallest absolute Gasteiger partial charge is 0.410 e. The van der Waals surface area contributed by atoms with Crippen LogP contribution < -0.4 is 4.90 Å². The van der Waals surface area contributed by atoms with Crippen molar-refractivity contribution < 1.29 is 32.6 Å². The largest absolute Gasteiger partial charge is 0.465 e. The van der Waals surface area contributed by atoms with Crippen molar-refractivity contribution in [2.45, 2.75) is 32.4 Å². The van der Waals surface area contributed by atoms with Gasteiger partial charge >= 0.3 is 18.1 Å². The Hall–Kier alpha value is -3.69. The number of anilines is 1. The molecular formula is C25H27F2N3O5. The van der Waals surface area contributed by atoms with E-state index in [9.17, 15) is 18.8 Å². The van der Waals surface area contributed by atoms with E-state index >= 15 is 4.39 Å². The lowest BCUT2D eigenvalue weighted by molar-refractivity contribution is 0.0128. The number of carbonyl (C=O) groups excluding carboxylic acids is 3. The molecule has 1 atom stereocenters. The van der Waals surface area contributed by atoms with Crippen LogP contribution in [-0.2, 0) is 9.47 Å². The van der Waals surface area contributed by atoms with Crippen molar-refractivity contribution in [1.82, 2.24) is 9.80 Å². The number of amides is 3. The monoisotopic (exact) mass is 487 g/mol. The van der Waals surface area contributed by atoms with Crippen LogP contribution in [0.25, 0.3) is 11.1 Å². The Morgan fingerprint density at radius 3 is 2.37 bits per heavy atom. The second kappa shape index (κ2) is 9.16. The van der Waals surface area contributed by atoms with Gasteiger partial charge in [0.1, 0.15) is 17.2 Å². The van der Waals surface area contributed by atoms with Crippen LogP contribution in [0.5, 0.6) is 0 Å². The molecule has 0 aliphatic carbocycles. The maximum atomic E-state index is 15.0. The summed E-state index contributed by atoms with van der Waals surface area (Å²) in [7, 11) is 1.15. The topological polar surface area (TPSA) is 79.4 Å². The zero-order valence-electron chi connectivity index (χ0n) is 20.0. The molecule has 8 nitrogen and oxygen atoms in total. The third-order valence-electron chi connectivity index (χ3n) is 5.95. The molecule has 0 spiro atoms. The molecule has 2 aromatic rings. The molecule has 0 bridgehead atoms. The lowest BCUT2D eigenvalue weighted by Gasteiger charge is -2.36. The molecule has 0 aromatic heterocycles. The van der Waals surface area contributed by atoms with Gasteiger partial charge in [-0.2, -0.15) is 0 Å². The summed E-state index contributed by atoms with van der Waals surface area (Å²) in [5, 5.41) is 0. The maximum Gasteiger partial charge on any atom is 0.410 e. The van der Waals surface area contributed by atoms with E-state index in [1.165, 1.54) is 29.2 Å². The summed E-state index contributed by atoms with van der Waals surface area (Å²) < 4.78 is 39.3. The highest BCUT2D eigenvalue weighted by Crippen LogP contribution is 2.32. The fraction of sp³-hybridized carbons (Fsp3) is 0.400. The SMILES string of the molecule is COC(=O)c1ccc(-c2ccc(N3C[C@@H]4CN(C(=O)OC(C)(C)C)CCN4C3=O)cc2F)cc1F. The van der Waals surface area contributed by atoms with Gasteiger partial charge in [0.15, 0.2) is 0 Å². The summed E-state index contributed by atoms with van der Waals surface area (Å²) in [6.07, 6.45) is -0.427. The van der Waals surface area contributed by atoms with Crippen LogP contribution in [0.1, 0.15) is 31.1 Å². The molecule has 0 unspecified atom stereocenters. The molecule has 2 saturated heterocycles. The number of rotatable bonds is 3. The Labute approximate surface area is 202 Å². The number of methoxy groups -OCH3 is 1. The van der Waals surface area contributed by atoms with Crippen LogP contribution in [0.4, 0.5) is 24.1 Å². The molecular weight excluding hydrogens is 460 g/mol. The van der Waals surface area contributed by atoms with Gasteiger partial charge in [-0.3, -0.25) is 4.90 Å². The summed E-state index contributed by atoms with van der Waals surface area (Å²) in [5.74, 6) is -2.28. The predicted molar refractivity (Wildman–Crippen MR) is 124 cm³/mol. The summed E-state index contributed by atoms with van der Waals surface area (Å²) in [6, 6.07) is 7.51. The summed E-state index contributed by atoms with van der Waals surface area (Å²) in [5.41, 5.74) is -0.121. The van der Waals surface area contributed by atoms with Gasteiger partial charge in [-0.05, 0) is 56.7 Å². The Morgan fingerprint density at radius 2 is 1.74 bits per heavy atom. The van der Waals surface area contributed by atoms with Gasteiger partial charge in [0.25, 0.3) is 0 Å². The molecule has 2 aliphatic rings. The van der Waals surface area contributed by atoms with Crippen LogP contribution in [0, 0.1) is 11.6 Å². The van der Waals surface area contributed by atoms with E-state index in [0.717, 1.165) is 13.2 Å². The molecule has 2 fully saturated rings. The molecule has 0 radical (unpaired) electrons. The summed E-state index contributed by atoms with van der Waals surface area (Å²) in [4.78, 5) is 41.7. The predicted octanol–water partition coefficient (Wildman–Crippen LogP) is 4.28. The minimum absolute atomic E-state index is 0.129. The first-order valence-electron chi connectivity index (χ1n) is 11.2. The average Bonchev–Trinajstić information content (AvgIpc) is 3.13. The Balaban J connectivity index is 1.50. The Morgan fingerprint density at radius 1 is 1.00 bits per heavy atom. The summed E-state index contributed by atoms with van der Waals surface area (Å²) >= 11 is 0. The first kappa shape index (κ1) is 24.4. The number of ether oxygens (including phenoxy) is 2. The highest BCUT2D eigenvalue weighted by Gasteiger charge is 2.43. The number of hydrogen-bond donors (Lipinski definition) is 0. The number of carbonyl (C=O) groups is 3. The van der Waals surface area contributed by atoms with Gasteiger partial charge < -0.3 is 19.3 Å². The number of halogens is 2. The van der Waals surface area contributed by atoms with Crippen molar-refractivity contribution in [1.29, 1.82) is 0 Å². The first-order chi connectivity index (χ1) is 16.5. The number of urea groups is 1. The third kappa shape index (κ3) is 4.91. The van der Waals surface area contributed by atoms with Crippen molar-refractivity contribution in [2.24, 2.45) is 0 Å². The van der Waals surface area contributed by atoms with Gasteiger partial charge in [0.2, 0.25) is 0 Å². The quantitative estimate of drug-likeness (QED) is 0.604. The Bertz CT molecular complexity index is 1180. The van der Waals surface area contributed by atoms with E-state index in [2.05, 4.69) is 4.74 Å². The number of nitrogens with zero attached hydrogens (tertiary/aromatic N) is 3. The lowest BCUT2D eigenvalue weighted by Crippen LogP contribution is -2.54. The molecule has 186 valence electrons. The van der Waals surface area contributed by atoms with Crippen molar-refractivity contribution in [2.75, 3.05) is 38.2 Å². The van der Waals surface area contributed by atoms with Gasteiger partial charge in [-0.1, -0.05) is 6.07 Å². The molecule has 4 rings (SSSR count). The number of fused-ring (bicyclic) bond motifs is 1. The fourth-order valence-corrected chi connectivity index (χ4v) is 4.28. The zero-order chi connectivity index (χ0) is 25.5. The van der Waals surface area contributed by atoms with E-state index < -0.39 is 29.3 Å². The van der Waals surface area contributed by atoms with Crippen molar-refractivity contribution >= 4 is 23.8 Å². The molecule has 2 aliphatic heterocycles. The number of benzene rings is 2. The van der Waals surface area contributed by atoms with Crippen LogP contribution in [-0.4, -0.2) is 72.8 Å². The molecule has 2 aromatic carbocycles. The molecule has 2 heterocycles. The zero-order valence-corrected chi connectivity index (χ0v) is 20.0. The van der Waals surface area contributed by atoms with Crippen LogP contribution in [0.2, 0.25) is 0 Å². The van der Waals surface area contributed by atoms with E-state index in [4.69, 9.17) is 4.74 Å². The second-order valence-electron chi connectivity index (χ2n) is 9.52. The second-order valence-corrected chi connectivity index (χ2v) is 9.52. The van der Waals surface area contributed by atoms with Crippen molar-refractivity contribution in [3.8, 4) is 11.1 Å². The highest BCUT2D eigenvalue weighted by atomic mass is 19.1. The van der Waals surface area contributed by atoms with Gasteiger partial charge in [-0.15, -0.1) is 0 Å². The molecule has 0 saturated carbocycles. The molecule has 3 amide bonds. The van der Waals surface area contributed by atoms with Crippen molar-refractivity contribution in [3.63, 3.8) is 0 Å². The lowest BCUT2D eigenvalue weighted by atomic mass is 10.0. The van der Waals surface area contributed by atoms with Gasteiger partial charge in [0.05, 0.1) is 18.7 Å². The van der Waals surface area contributed by atoms with E-state index in [0.29, 0.717) is 31.9 Å². The van der Waals surface area contributed by atoms with E-state index in [1.54, 1.807) is 36.6 Å².